The van der Waals surface area contributed by atoms with E-state index in [1.165, 1.54) is 0 Å². The summed E-state index contributed by atoms with van der Waals surface area (Å²) in [5.41, 5.74) is 0.620. The zero-order chi connectivity index (χ0) is 14.7. The SMILES string of the molecule is CC(Cn1cccn1)NCc1nc2ccccc2c(=O)[nH]1. The molecule has 6 nitrogen and oxygen atoms in total. The van der Waals surface area contributed by atoms with Crippen LogP contribution in [0.25, 0.3) is 10.9 Å². The number of aromatic amines is 1. The molecule has 2 aromatic heterocycles. The van der Waals surface area contributed by atoms with Gasteiger partial charge in [0.05, 0.1) is 24.0 Å². The molecule has 1 aromatic carbocycles. The normalized spacial score (nSPS) is 12.6. The first-order valence-corrected chi connectivity index (χ1v) is 6.91. The Morgan fingerprint density at radius 1 is 1.33 bits per heavy atom. The molecule has 0 spiro atoms. The van der Waals surface area contributed by atoms with Crippen molar-refractivity contribution in [3.8, 4) is 0 Å². The van der Waals surface area contributed by atoms with E-state index in [0.29, 0.717) is 17.8 Å². The first kappa shape index (κ1) is 13.5. The van der Waals surface area contributed by atoms with Crippen LogP contribution in [-0.4, -0.2) is 25.8 Å². The molecule has 6 heteroatoms. The molecule has 2 N–H and O–H groups in total. The first-order chi connectivity index (χ1) is 10.2. The lowest BCUT2D eigenvalue weighted by Gasteiger charge is -2.13. The number of hydrogen-bond donors (Lipinski definition) is 2. The highest BCUT2D eigenvalue weighted by Crippen LogP contribution is 2.05. The van der Waals surface area contributed by atoms with Gasteiger partial charge >= 0.3 is 0 Å². The van der Waals surface area contributed by atoms with Crippen molar-refractivity contribution in [2.24, 2.45) is 0 Å². The van der Waals surface area contributed by atoms with Crippen LogP contribution in [0.1, 0.15) is 12.7 Å². The molecule has 1 unspecified atom stereocenters. The van der Waals surface area contributed by atoms with Gasteiger partial charge in [0.1, 0.15) is 5.82 Å². The van der Waals surface area contributed by atoms with E-state index in [1.807, 2.05) is 35.1 Å². The standard InChI is InChI=1S/C15H17N5O/c1-11(10-20-8-4-7-17-20)16-9-14-18-13-6-3-2-5-12(13)15(21)19-14/h2-8,11,16H,9-10H2,1H3,(H,18,19,21). The number of hydrogen-bond acceptors (Lipinski definition) is 4. The number of nitrogens with one attached hydrogen (secondary N) is 2. The van der Waals surface area contributed by atoms with E-state index in [9.17, 15) is 4.79 Å². The molecular weight excluding hydrogens is 266 g/mol. The van der Waals surface area contributed by atoms with E-state index in [2.05, 4.69) is 27.3 Å². The van der Waals surface area contributed by atoms with Gasteiger partial charge in [-0.1, -0.05) is 12.1 Å². The Kier molecular flexibility index (Phi) is 3.79. The van der Waals surface area contributed by atoms with Gasteiger partial charge in [0.25, 0.3) is 5.56 Å². The summed E-state index contributed by atoms with van der Waals surface area (Å²) in [6.07, 6.45) is 3.68. The Balaban J connectivity index is 1.69. The van der Waals surface area contributed by atoms with Gasteiger partial charge in [0, 0.05) is 18.4 Å². The summed E-state index contributed by atoms with van der Waals surface area (Å²) in [5, 5.41) is 8.12. The van der Waals surface area contributed by atoms with E-state index in [-0.39, 0.29) is 11.6 Å². The van der Waals surface area contributed by atoms with Crippen LogP contribution in [-0.2, 0) is 13.1 Å². The molecule has 0 aliphatic heterocycles. The summed E-state index contributed by atoms with van der Waals surface area (Å²) in [6.45, 7) is 3.36. The molecule has 0 aliphatic rings. The summed E-state index contributed by atoms with van der Waals surface area (Å²) < 4.78 is 1.87. The molecule has 3 rings (SSSR count). The minimum Gasteiger partial charge on any atom is -0.309 e. The van der Waals surface area contributed by atoms with Crippen molar-refractivity contribution in [1.29, 1.82) is 0 Å². The van der Waals surface area contributed by atoms with Gasteiger partial charge in [-0.25, -0.2) is 4.98 Å². The fraction of sp³-hybridized carbons (Fsp3) is 0.267. The van der Waals surface area contributed by atoms with Crippen LogP contribution >= 0.6 is 0 Å². The van der Waals surface area contributed by atoms with E-state index >= 15 is 0 Å². The van der Waals surface area contributed by atoms with Crippen molar-refractivity contribution in [1.82, 2.24) is 25.1 Å². The highest BCUT2D eigenvalue weighted by atomic mass is 16.1. The number of H-pyrrole nitrogens is 1. The summed E-state index contributed by atoms with van der Waals surface area (Å²) >= 11 is 0. The van der Waals surface area contributed by atoms with Crippen LogP contribution in [0.4, 0.5) is 0 Å². The second-order valence-corrected chi connectivity index (χ2v) is 5.04. The van der Waals surface area contributed by atoms with Gasteiger partial charge in [0.2, 0.25) is 0 Å². The second-order valence-electron chi connectivity index (χ2n) is 5.04. The minimum atomic E-state index is -0.0999. The lowest BCUT2D eigenvalue weighted by atomic mass is 10.2. The molecule has 0 amide bonds. The number of rotatable bonds is 5. The molecular formula is C15H17N5O. The van der Waals surface area contributed by atoms with Crippen LogP contribution in [0.3, 0.4) is 0 Å². The molecule has 0 aliphatic carbocycles. The first-order valence-electron chi connectivity index (χ1n) is 6.91. The average molecular weight is 283 g/mol. The maximum atomic E-state index is 12.0. The smallest absolute Gasteiger partial charge is 0.258 e. The number of aromatic nitrogens is 4. The van der Waals surface area contributed by atoms with E-state index in [1.54, 1.807) is 12.3 Å². The third kappa shape index (κ3) is 3.17. The van der Waals surface area contributed by atoms with Gasteiger partial charge in [-0.05, 0) is 25.1 Å². The topological polar surface area (TPSA) is 75.6 Å². The molecule has 108 valence electrons. The Morgan fingerprint density at radius 3 is 3.00 bits per heavy atom. The number of fused-ring (bicyclic) bond motifs is 1. The highest BCUT2D eigenvalue weighted by Gasteiger charge is 2.06. The number of benzene rings is 1. The largest absolute Gasteiger partial charge is 0.309 e. The second kappa shape index (κ2) is 5.88. The lowest BCUT2D eigenvalue weighted by molar-refractivity contribution is 0.445. The minimum absolute atomic E-state index is 0.0999. The molecule has 0 saturated carbocycles. The Bertz CT molecular complexity index is 778. The van der Waals surface area contributed by atoms with Crippen LogP contribution in [0.2, 0.25) is 0 Å². The van der Waals surface area contributed by atoms with E-state index < -0.39 is 0 Å². The van der Waals surface area contributed by atoms with Crippen LogP contribution in [0.5, 0.6) is 0 Å². The monoisotopic (exact) mass is 283 g/mol. The van der Waals surface area contributed by atoms with Crippen LogP contribution in [0, 0.1) is 0 Å². The van der Waals surface area contributed by atoms with Crippen molar-refractivity contribution < 1.29 is 0 Å². The van der Waals surface area contributed by atoms with Gasteiger partial charge in [-0.3, -0.25) is 9.48 Å². The fourth-order valence-electron chi connectivity index (χ4n) is 2.24. The van der Waals surface area contributed by atoms with Crippen molar-refractivity contribution in [3.63, 3.8) is 0 Å². The van der Waals surface area contributed by atoms with Gasteiger partial charge in [0.15, 0.2) is 0 Å². The summed E-state index contributed by atoms with van der Waals surface area (Å²) in [7, 11) is 0. The van der Waals surface area contributed by atoms with Crippen LogP contribution in [0.15, 0.2) is 47.5 Å². The van der Waals surface area contributed by atoms with Crippen molar-refractivity contribution in [3.05, 3.63) is 58.9 Å². The maximum absolute atomic E-state index is 12.0. The molecule has 0 fully saturated rings. The third-order valence-electron chi connectivity index (χ3n) is 3.30. The van der Waals surface area contributed by atoms with Gasteiger partial charge in [-0.2, -0.15) is 5.10 Å². The molecule has 1 atom stereocenters. The zero-order valence-corrected chi connectivity index (χ0v) is 11.8. The highest BCUT2D eigenvalue weighted by molar-refractivity contribution is 5.77. The molecule has 21 heavy (non-hydrogen) atoms. The van der Waals surface area contributed by atoms with Gasteiger partial charge < -0.3 is 10.3 Å². The molecule has 3 aromatic rings. The van der Waals surface area contributed by atoms with E-state index in [4.69, 9.17) is 0 Å². The Morgan fingerprint density at radius 2 is 2.19 bits per heavy atom. The summed E-state index contributed by atoms with van der Waals surface area (Å²) in [6, 6.07) is 9.46. The number of nitrogens with zero attached hydrogens (tertiary/aromatic N) is 3. The predicted molar refractivity (Wildman–Crippen MR) is 80.9 cm³/mol. The quantitative estimate of drug-likeness (QED) is 0.740. The Labute approximate surface area is 121 Å². The predicted octanol–water partition coefficient (Wildman–Crippen LogP) is 1.30. The Hall–Kier alpha value is -2.47. The van der Waals surface area contributed by atoms with E-state index in [0.717, 1.165) is 12.1 Å². The van der Waals surface area contributed by atoms with Crippen LogP contribution < -0.4 is 10.9 Å². The maximum Gasteiger partial charge on any atom is 0.258 e. The van der Waals surface area contributed by atoms with Crippen molar-refractivity contribution in [2.75, 3.05) is 0 Å². The fourth-order valence-corrected chi connectivity index (χ4v) is 2.24. The van der Waals surface area contributed by atoms with Crippen molar-refractivity contribution in [2.45, 2.75) is 26.1 Å². The molecule has 0 saturated heterocycles. The average Bonchev–Trinajstić information content (AvgIpc) is 2.98. The third-order valence-corrected chi connectivity index (χ3v) is 3.30. The van der Waals surface area contributed by atoms with Gasteiger partial charge in [-0.15, -0.1) is 0 Å². The molecule has 0 bridgehead atoms. The zero-order valence-electron chi connectivity index (χ0n) is 11.8. The molecule has 2 heterocycles. The molecule has 0 radical (unpaired) electrons. The number of para-hydroxylation sites is 1. The summed E-state index contributed by atoms with van der Waals surface area (Å²) in [5.74, 6) is 0.644. The van der Waals surface area contributed by atoms with Crippen molar-refractivity contribution >= 4 is 10.9 Å². The summed E-state index contributed by atoms with van der Waals surface area (Å²) in [4.78, 5) is 19.2. The lowest BCUT2D eigenvalue weighted by Crippen LogP contribution is -2.31.